The Hall–Kier alpha value is -1.31. The average Bonchev–Trinajstić information content (AvgIpc) is 2.33. The molecule has 0 N–H and O–H groups in total. The SMILES string of the molecule is CCCCCCC(=O)COc1ccccc1. The summed E-state index contributed by atoms with van der Waals surface area (Å²) in [6, 6.07) is 9.47. The Bertz CT molecular complexity index is 293. The lowest BCUT2D eigenvalue weighted by Gasteiger charge is -2.04. The van der Waals surface area contributed by atoms with E-state index in [2.05, 4.69) is 6.92 Å². The van der Waals surface area contributed by atoms with Gasteiger partial charge in [0.1, 0.15) is 12.4 Å². The van der Waals surface area contributed by atoms with Crippen molar-refractivity contribution in [3.8, 4) is 5.75 Å². The quantitative estimate of drug-likeness (QED) is 0.626. The highest BCUT2D eigenvalue weighted by atomic mass is 16.5. The van der Waals surface area contributed by atoms with Crippen molar-refractivity contribution in [1.29, 1.82) is 0 Å². The summed E-state index contributed by atoms with van der Waals surface area (Å²) in [6.45, 7) is 2.37. The van der Waals surface area contributed by atoms with E-state index in [4.69, 9.17) is 4.74 Å². The molecular weight excluding hydrogens is 200 g/mol. The van der Waals surface area contributed by atoms with Crippen molar-refractivity contribution in [2.24, 2.45) is 0 Å². The van der Waals surface area contributed by atoms with Gasteiger partial charge in [0.05, 0.1) is 0 Å². The van der Waals surface area contributed by atoms with Crippen LogP contribution in [-0.4, -0.2) is 12.4 Å². The van der Waals surface area contributed by atoms with Crippen LogP contribution in [0.15, 0.2) is 30.3 Å². The van der Waals surface area contributed by atoms with E-state index in [0.717, 1.165) is 18.6 Å². The van der Waals surface area contributed by atoms with E-state index in [9.17, 15) is 4.79 Å². The van der Waals surface area contributed by atoms with Gasteiger partial charge in [0.25, 0.3) is 0 Å². The number of para-hydroxylation sites is 1. The Balaban J connectivity index is 2.11. The zero-order chi connectivity index (χ0) is 11.6. The Morgan fingerprint density at radius 3 is 2.56 bits per heavy atom. The Labute approximate surface area is 97.6 Å². The van der Waals surface area contributed by atoms with Crippen molar-refractivity contribution < 1.29 is 9.53 Å². The lowest BCUT2D eigenvalue weighted by atomic mass is 10.1. The minimum Gasteiger partial charge on any atom is -0.486 e. The first-order chi connectivity index (χ1) is 7.83. The van der Waals surface area contributed by atoms with Gasteiger partial charge in [-0.3, -0.25) is 4.79 Å². The number of carbonyl (C=O) groups excluding carboxylic acids is 1. The third-order valence-corrected chi connectivity index (χ3v) is 2.45. The van der Waals surface area contributed by atoms with Crippen LogP contribution in [0, 0.1) is 0 Å². The predicted molar refractivity (Wildman–Crippen MR) is 65.7 cm³/mol. The van der Waals surface area contributed by atoms with Crippen LogP contribution in [0.25, 0.3) is 0 Å². The molecule has 88 valence electrons. The van der Waals surface area contributed by atoms with E-state index in [1.165, 1.54) is 12.8 Å². The van der Waals surface area contributed by atoms with Gasteiger partial charge in [0.15, 0.2) is 5.78 Å². The molecule has 0 aliphatic carbocycles. The zero-order valence-electron chi connectivity index (χ0n) is 9.95. The first-order valence-corrected chi connectivity index (χ1v) is 6.02. The molecule has 16 heavy (non-hydrogen) atoms. The van der Waals surface area contributed by atoms with Gasteiger partial charge in [-0.2, -0.15) is 0 Å². The summed E-state index contributed by atoms with van der Waals surface area (Å²) in [5, 5.41) is 0. The second-order valence-electron chi connectivity index (χ2n) is 3.95. The minimum atomic E-state index is 0.194. The highest BCUT2D eigenvalue weighted by Crippen LogP contribution is 2.09. The van der Waals surface area contributed by atoms with E-state index >= 15 is 0 Å². The number of Topliss-reactive ketones (excluding diaryl/α,β-unsaturated/α-hetero) is 1. The van der Waals surface area contributed by atoms with Crippen molar-refractivity contribution in [3.63, 3.8) is 0 Å². The molecule has 0 fully saturated rings. The molecule has 0 unspecified atom stereocenters. The van der Waals surface area contributed by atoms with Gasteiger partial charge in [-0.25, -0.2) is 0 Å². The third-order valence-electron chi connectivity index (χ3n) is 2.45. The largest absolute Gasteiger partial charge is 0.486 e. The van der Waals surface area contributed by atoms with Crippen LogP contribution in [0.4, 0.5) is 0 Å². The van der Waals surface area contributed by atoms with Gasteiger partial charge in [-0.15, -0.1) is 0 Å². The molecule has 0 atom stereocenters. The Kier molecular flexibility index (Phi) is 6.31. The smallest absolute Gasteiger partial charge is 0.170 e. The van der Waals surface area contributed by atoms with Crippen molar-refractivity contribution in [1.82, 2.24) is 0 Å². The van der Waals surface area contributed by atoms with Gasteiger partial charge >= 0.3 is 0 Å². The molecule has 0 aromatic heterocycles. The third kappa shape index (κ3) is 5.54. The second-order valence-corrected chi connectivity index (χ2v) is 3.95. The van der Waals surface area contributed by atoms with E-state index in [1.807, 2.05) is 30.3 Å². The standard InChI is InChI=1S/C14H20O2/c1-2-3-4-6-9-13(15)12-16-14-10-7-5-8-11-14/h5,7-8,10-11H,2-4,6,9,12H2,1H3. The summed E-state index contributed by atoms with van der Waals surface area (Å²) < 4.78 is 5.38. The van der Waals surface area contributed by atoms with Gasteiger partial charge in [-0.05, 0) is 18.6 Å². The van der Waals surface area contributed by atoms with Crippen LogP contribution in [0.5, 0.6) is 5.75 Å². The van der Waals surface area contributed by atoms with Crippen molar-refractivity contribution >= 4 is 5.78 Å². The fraction of sp³-hybridized carbons (Fsp3) is 0.500. The highest BCUT2D eigenvalue weighted by Gasteiger charge is 2.02. The minimum absolute atomic E-state index is 0.194. The first kappa shape index (κ1) is 12.8. The van der Waals surface area contributed by atoms with Crippen molar-refractivity contribution in [3.05, 3.63) is 30.3 Å². The summed E-state index contributed by atoms with van der Waals surface area (Å²) >= 11 is 0. The van der Waals surface area contributed by atoms with Gasteiger partial charge in [0, 0.05) is 6.42 Å². The zero-order valence-corrected chi connectivity index (χ0v) is 9.95. The van der Waals surface area contributed by atoms with Gasteiger partial charge in [-0.1, -0.05) is 44.4 Å². The molecule has 2 heteroatoms. The molecule has 0 heterocycles. The molecule has 0 saturated carbocycles. The summed E-state index contributed by atoms with van der Waals surface area (Å²) in [4.78, 5) is 11.5. The summed E-state index contributed by atoms with van der Waals surface area (Å²) in [5.41, 5.74) is 0. The van der Waals surface area contributed by atoms with Crippen LogP contribution in [0.3, 0.4) is 0 Å². The molecule has 1 rings (SSSR count). The molecule has 0 saturated heterocycles. The molecule has 1 aromatic rings. The summed E-state index contributed by atoms with van der Waals surface area (Å²) in [5.74, 6) is 0.962. The fourth-order valence-corrected chi connectivity index (χ4v) is 1.50. The highest BCUT2D eigenvalue weighted by molar-refractivity contribution is 5.79. The number of unbranched alkanes of at least 4 members (excludes halogenated alkanes) is 3. The molecule has 0 aliphatic heterocycles. The van der Waals surface area contributed by atoms with E-state index in [1.54, 1.807) is 0 Å². The van der Waals surface area contributed by atoms with Crippen LogP contribution in [0.2, 0.25) is 0 Å². The molecule has 0 amide bonds. The number of benzene rings is 1. The summed E-state index contributed by atoms with van der Waals surface area (Å²) in [6.07, 6.45) is 5.20. The van der Waals surface area contributed by atoms with E-state index in [-0.39, 0.29) is 12.4 Å². The molecule has 1 aromatic carbocycles. The Morgan fingerprint density at radius 1 is 1.12 bits per heavy atom. The normalized spacial score (nSPS) is 10.1. The average molecular weight is 220 g/mol. The molecule has 0 bridgehead atoms. The van der Waals surface area contributed by atoms with E-state index < -0.39 is 0 Å². The molecule has 0 aliphatic rings. The maximum atomic E-state index is 11.5. The summed E-state index contributed by atoms with van der Waals surface area (Å²) in [7, 11) is 0. The van der Waals surface area contributed by atoms with Crippen LogP contribution >= 0.6 is 0 Å². The molecular formula is C14H20O2. The number of ether oxygens (including phenoxy) is 1. The second kappa shape index (κ2) is 7.91. The molecule has 2 nitrogen and oxygen atoms in total. The molecule has 0 spiro atoms. The van der Waals surface area contributed by atoms with Crippen LogP contribution in [-0.2, 0) is 4.79 Å². The predicted octanol–water partition coefficient (Wildman–Crippen LogP) is 3.60. The lowest BCUT2D eigenvalue weighted by molar-refractivity contribution is -0.121. The van der Waals surface area contributed by atoms with Gasteiger partial charge < -0.3 is 4.74 Å². The van der Waals surface area contributed by atoms with Crippen molar-refractivity contribution in [2.75, 3.05) is 6.61 Å². The maximum absolute atomic E-state index is 11.5. The topological polar surface area (TPSA) is 26.3 Å². The fourth-order valence-electron chi connectivity index (χ4n) is 1.50. The number of ketones is 1. The number of hydrogen-bond acceptors (Lipinski definition) is 2. The number of carbonyl (C=O) groups is 1. The first-order valence-electron chi connectivity index (χ1n) is 6.02. The van der Waals surface area contributed by atoms with Gasteiger partial charge in [0.2, 0.25) is 0 Å². The number of rotatable bonds is 8. The maximum Gasteiger partial charge on any atom is 0.170 e. The molecule has 0 radical (unpaired) electrons. The lowest BCUT2D eigenvalue weighted by Crippen LogP contribution is -2.10. The number of hydrogen-bond donors (Lipinski definition) is 0. The monoisotopic (exact) mass is 220 g/mol. The van der Waals surface area contributed by atoms with Crippen molar-refractivity contribution in [2.45, 2.75) is 39.0 Å². The van der Waals surface area contributed by atoms with Crippen LogP contribution < -0.4 is 4.74 Å². The van der Waals surface area contributed by atoms with E-state index in [0.29, 0.717) is 6.42 Å². The van der Waals surface area contributed by atoms with Crippen LogP contribution in [0.1, 0.15) is 39.0 Å². The Morgan fingerprint density at radius 2 is 1.88 bits per heavy atom.